The zero-order chi connectivity index (χ0) is 16.8. The van der Waals surface area contributed by atoms with Gasteiger partial charge in [-0.05, 0) is 41.8 Å². The average molecular weight is 321 g/mol. The number of amides is 1. The summed E-state index contributed by atoms with van der Waals surface area (Å²) in [5, 5.41) is 10.3. The molecule has 2 aromatic carbocycles. The highest BCUT2D eigenvalue weighted by molar-refractivity contribution is 6.11. The van der Waals surface area contributed by atoms with Gasteiger partial charge in [0.2, 0.25) is 0 Å². The Kier molecular flexibility index (Phi) is 3.25. The van der Waals surface area contributed by atoms with E-state index in [0.717, 1.165) is 22.2 Å². The Morgan fingerprint density at radius 2 is 2.00 bits per heavy atom. The first-order valence-corrected chi connectivity index (χ1v) is 7.66. The van der Waals surface area contributed by atoms with Crippen molar-refractivity contribution in [3.63, 3.8) is 0 Å². The van der Waals surface area contributed by atoms with Gasteiger partial charge in [0.1, 0.15) is 5.58 Å². The maximum atomic E-state index is 12.9. The zero-order valence-electron chi connectivity index (χ0n) is 13.1. The lowest BCUT2D eigenvalue weighted by atomic mass is 10.0. The van der Waals surface area contributed by atoms with Gasteiger partial charge in [-0.3, -0.25) is 4.79 Å². The van der Waals surface area contributed by atoms with Crippen LogP contribution in [-0.2, 0) is 13.2 Å². The number of fused-ring (bicyclic) bond motifs is 2. The molecule has 2 heterocycles. The van der Waals surface area contributed by atoms with Gasteiger partial charge < -0.3 is 14.4 Å². The van der Waals surface area contributed by atoms with Gasteiger partial charge in [0.05, 0.1) is 18.7 Å². The number of rotatable bonds is 2. The van der Waals surface area contributed by atoms with Crippen LogP contribution in [-0.4, -0.2) is 11.0 Å². The average Bonchev–Trinajstić information content (AvgIpc) is 2.91. The highest BCUT2D eigenvalue weighted by Crippen LogP contribution is 2.34. The molecular formula is C19H15NO4. The maximum absolute atomic E-state index is 12.9. The molecule has 0 radical (unpaired) electrons. The van der Waals surface area contributed by atoms with E-state index >= 15 is 0 Å². The maximum Gasteiger partial charge on any atom is 0.336 e. The number of hydrogen-bond donors (Lipinski definition) is 1. The Hall–Kier alpha value is -2.92. The van der Waals surface area contributed by atoms with Gasteiger partial charge in [0.25, 0.3) is 5.91 Å². The number of aliphatic hydroxyl groups is 1. The molecule has 0 aliphatic carbocycles. The van der Waals surface area contributed by atoms with Gasteiger partial charge in [-0.25, -0.2) is 4.79 Å². The molecule has 0 spiro atoms. The quantitative estimate of drug-likeness (QED) is 0.737. The van der Waals surface area contributed by atoms with Crippen LogP contribution < -0.4 is 10.5 Å². The Bertz CT molecular complexity index is 1040. The van der Waals surface area contributed by atoms with Crippen molar-refractivity contribution in [1.82, 2.24) is 0 Å². The summed E-state index contributed by atoms with van der Waals surface area (Å²) in [7, 11) is 0. The molecule has 0 bridgehead atoms. The van der Waals surface area contributed by atoms with Gasteiger partial charge in [-0.15, -0.1) is 0 Å². The van der Waals surface area contributed by atoms with Crippen LogP contribution in [0.3, 0.4) is 0 Å². The lowest BCUT2D eigenvalue weighted by Crippen LogP contribution is -2.24. The topological polar surface area (TPSA) is 70.8 Å². The molecule has 5 heteroatoms. The van der Waals surface area contributed by atoms with Crippen molar-refractivity contribution in [3.05, 3.63) is 75.1 Å². The molecule has 1 aliphatic rings. The van der Waals surface area contributed by atoms with E-state index in [1.807, 2.05) is 25.1 Å². The van der Waals surface area contributed by atoms with Gasteiger partial charge >= 0.3 is 5.63 Å². The Morgan fingerprint density at radius 1 is 1.17 bits per heavy atom. The summed E-state index contributed by atoms with van der Waals surface area (Å²) in [6.45, 7) is 2.18. The third kappa shape index (κ3) is 2.13. The normalized spacial score (nSPS) is 13.6. The summed E-state index contributed by atoms with van der Waals surface area (Å²) in [6.07, 6.45) is 0. The number of hydrogen-bond acceptors (Lipinski definition) is 4. The lowest BCUT2D eigenvalue weighted by Gasteiger charge is -2.19. The van der Waals surface area contributed by atoms with Gasteiger partial charge in [0.15, 0.2) is 0 Å². The van der Waals surface area contributed by atoms with Crippen LogP contribution in [0.2, 0.25) is 0 Å². The number of benzene rings is 2. The largest absolute Gasteiger partial charge is 0.423 e. The summed E-state index contributed by atoms with van der Waals surface area (Å²) in [5.74, 6) is -0.116. The van der Waals surface area contributed by atoms with Crippen LogP contribution in [0.1, 0.15) is 27.0 Å². The summed E-state index contributed by atoms with van der Waals surface area (Å²) in [6, 6.07) is 12.2. The van der Waals surface area contributed by atoms with Crippen LogP contribution in [0.5, 0.6) is 0 Å². The highest BCUT2D eigenvalue weighted by atomic mass is 16.4. The zero-order valence-corrected chi connectivity index (χ0v) is 13.1. The fourth-order valence-electron chi connectivity index (χ4n) is 3.26. The number of carbonyl (C=O) groups is 1. The van der Waals surface area contributed by atoms with Crippen LogP contribution in [0.4, 0.5) is 5.69 Å². The first-order chi connectivity index (χ1) is 11.6. The van der Waals surface area contributed by atoms with Crippen LogP contribution in [0.25, 0.3) is 11.0 Å². The second kappa shape index (κ2) is 5.32. The van der Waals surface area contributed by atoms with Crippen molar-refractivity contribution >= 4 is 22.6 Å². The molecule has 1 N–H and O–H groups in total. The van der Waals surface area contributed by atoms with Crippen molar-refractivity contribution < 1.29 is 14.3 Å². The van der Waals surface area contributed by atoms with Crippen molar-refractivity contribution in [2.45, 2.75) is 20.1 Å². The summed E-state index contributed by atoms with van der Waals surface area (Å²) < 4.78 is 5.19. The molecular weight excluding hydrogens is 306 g/mol. The molecule has 0 fully saturated rings. The molecule has 0 saturated heterocycles. The molecule has 5 nitrogen and oxygen atoms in total. The first kappa shape index (κ1) is 14.7. The minimum absolute atomic E-state index is 0.116. The molecule has 4 rings (SSSR count). The molecule has 24 heavy (non-hydrogen) atoms. The van der Waals surface area contributed by atoms with Gasteiger partial charge in [0, 0.05) is 17.1 Å². The fourth-order valence-corrected chi connectivity index (χ4v) is 3.26. The molecule has 0 saturated carbocycles. The van der Waals surface area contributed by atoms with E-state index in [1.165, 1.54) is 6.07 Å². The lowest BCUT2D eigenvalue weighted by molar-refractivity contribution is 0.0994. The second-order valence-electron chi connectivity index (χ2n) is 5.93. The van der Waals surface area contributed by atoms with Crippen molar-refractivity contribution in [2.24, 2.45) is 0 Å². The number of aliphatic hydroxyl groups excluding tert-OH is 1. The van der Waals surface area contributed by atoms with Crippen LogP contribution in [0, 0.1) is 6.92 Å². The Balaban J connectivity index is 1.84. The van der Waals surface area contributed by atoms with Gasteiger partial charge in [-0.2, -0.15) is 0 Å². The SMILES string of the molecule is Cc1cc2oc(=O)ccc2cc1N1Cc2cccc(CO)c2C1=O. The molecule has 0 atom stereocenters. The fraction of sp³-hybridized carbons (Fsp3) is 0.158. The number of nitrogens with zero attached hydrogens (tertiary/aromatic N) is 1. The standard InChI is InChI=1S/C19H15NO4/c1-11-7-16-12(5-6-17(22)24-16)8-15(11)20-9-13-3-2-4-14(10-21)18(13)19(20)23/h2-8,21H,9-10H2,1H3. The number of anilines is 1. The first-order valence-electron chi connectivity index (χ1n) is 7.66. The third-order valence-electron chi connectivity index (χ3n) is 4.42. The Labute approximate surface area is 137 Å². The van der Waals surface area contributed by atoms with Crippen molar-refractivity contribution in [3.8, 4) is 0 Å². The third-order valence-corrected chi connectivity index (χ3v) is 4.42. The smallest absolute Gasteiger partial charge is 0.336 e. The minimum atomic E-state index is -0.396. The molecule has 3 aromatic rings. The summed E-state index contributed by atoms with van der Waals surface area (Å²) in [4.78, 5) is 25.9. The predicted octanol–water partition coefficient (Wildman–Crippen LogP) is 2.75. The van der Waals surface area contributed by atoms with E-state index in [4.69, 9.17) is 4.42 Å². The summed E-state index contributed by atoms with van der Waals surface area (Å²) >= 11 is 0. The van der Waals surface area contributed by atoms with Gasteiger partial charge in [-0.1, -0.05) is 18.2 Å². The molecule has 1 amide bonds. The van der Waals surface area contributed by atoms with E-state index in [2.05, 4.69) is 0 Å². The van der Waals surface area contributed by atoms with E-state index in [0.29, 0.717) is 23.3 Å². The van der Waals surface area contributed by atoms with Crippen LogP contribution in [0.15, 0.2) is 51.7 Å². The molecule has 1 aliphatic heterocycles. The number of carbonyl (C=O) groups excluding carboxylic acids is 1. The van der Waals surface area contributed by atoms with E-state index in [1.54, 1.807) is 23.1 Å². The number of aryl methyl sites for hydroxylation is 1. The van der Waals surface area contributed by atoms with E-state index < -0.39 is 5.63 Å². The summed E-state index contributed by atoms with van der Waals surface area (Å²) in [5.41, 5.74) is 3.87. The second-order valence-corrected chi connectivity index (χ2v) is 5.93. The monoisotopic (exact) mass is 321 g/mol. The Morgan fingerprint density at radius 3 is 2.79 bits per heavy atom. The molecule has 0 unspecified atom stereocenters. The molecule has 120 valence electrons. The van der Waals surface area contributed by atoms with E-state index in [-0.39, 0.29) is 12.5 Å². The minimum Gasteiger partial charge on any atom is -0.423 e. The van der Waals surface area contributed by atoms with Crippen molar-refractivity contribution in [2.75, 3.05) is 4.90 Å². The highest BCUT2D eigenvalue weighted by Gasteiger charge is 2.31. The molecule has 1 aromatic heterocycles. The predicted molar refractivity (Wildman–Crippen MR) is 90.1 cm³/mol. The van der Waals surface area contributed by atoms with Crippen molar-refractivity contribution in [1.29, 1.82) is 0 Å². The van der Waals surface area contributed by atoms with E-state index in [9.17, 15) is 14.7 Å². The van der Waals surface area contributed by atoms with Crippen LogP contribution >= 0.6 is 0 Å².